The maximum Gasteiger partial charge on any atom is 0.404 e. The summed E-state index contributed by atoms with van der Waals surface area (Å²) in [6, 6.07) is 8.85. The lowest BCUT2D eigenvalue weighted by atomic mass is 10.2. The van der Waals surface area contributed by atoms with Gasteiger partial charge in [0.1, 0.15) is 0 Å². The lowest BCUT2D eigenvalue weighted by Crippen LogP contribution is -2.39. The van der Waals surface area contributed by atoms with Gasteiger partial charge in [0.2, 0.25) is 0 Å². The van der Waals surface area contributed by atoms with Crippen LogP contribution in [0.4, 0.5) is 4.79 Å². The molecule has 0 saturated heterocycles. The van der Waals surface area contributed by atoms with Gasteiger partial charge in [-0.05, 0) is 43.6 Å². The quantitative estimate of drug-likeness (QED) is 0.455. The van der Waals surface area contributed by atoms with Crippen LogP contribution < -0.4 is 16.0 Å². The van der Waals surface area contributed by atoms with Crippen LogP contribution >= 0.6 is 12.2 Å². The van der Waals surface area contributed by atoms with Crippen LogP contribution in [0.3, 0.4) is 0 Å². The number of amides is 2. The molecule has 4 N–H and O–H groups in total. The van der Waals surface area contributed by atoms with E-state index in [1.807, 2.05) is 6.07 Å². The first-order valence-electron chi connectivity index (χ1n) is 6.70. The number of nitrogens with one attached hydrogen (secondary N) is 3. The van der Waals surface area contributed by atoms with Crippen molar-refractivity contribution >= 4 is 29.3 Å². The minimum Gasteiger partial charge on any atom is -0.465 e. The SMILES string of the molecule is O=C(O)NCCCCCNC(=S)NC(=O)c1ccccc1. The van der Waals surface area contributed by atoms with E-state index in [1.165, 1.54) is 0 Å². The van der Waals surface area contributed by atoms with Crippen LogP contribution in [0.2, 0.25) is 0 Å². The van der Waals surface area contributed by atoms with Crippen LogP contribution in [-0.2, 0) is 0 Å². The van der Waals surface area contributed by atoms with E-state index in [4.69, 9.17) is 17.3 Å². The number of benzene rings is 1. The molecule has 0 aliphatic rings. The predicted molar refractivity (Wildman–Crippen MR) is 84.4 cm³/mol. The van der Waals surface area contributed by atoms with Gasteiger partial charge < -0.3 is 15.7 Å². The van der Waals surface area contributed by atoms with Crippen molar-refractivity contribution in [3.8, 4) is 0 Å². The van der Waals surface area contributed by atoms with Crippen molar-refractivity contribution in [3.63, 3.8) is 0 Å². The summed E-state index contributed by atoms with van der Waals surface area (Å²) in [5.41, 5.74) is 0.557. The Morgan fingerprint density at radius 3 is 2.24 bits per heavy atom. The van der Waals surface area contributed by atoms with Crippen LogP contribution in [0.15, 0.2) is 30.3 Å². The fraction of sp³-hybridized carbons (Fsp3) is 0.357. The second-order valence-electron chi connectivity index (χ2n) is 4.37. The standard InChI is InChI=1S/C14H19N3O3S/c18-12(11-7-3-1-4-8-11)17-13(21)15-9-5-2-6-10-16-14(19)20/h1,3-4,7-8,16H,2,5-6,9-10H2,(H,19,20)(H2,15,17,18,21). The Morgan fingerprint density at radius 1 is 1.00 bits per heavy atom. The van der Waals surface area contributed by atoms with E-state index in [2.05, 4.69) is 16.0 Å². The van der Waals surface area contributed by atoms with E-state index >= 15 is 0 Å². The van der Waals surface area contributed by atoms with Crippen LogP contribution in [0.25, 0.3) is 0 Å². The molecule has 0 aliphatic carbocycles. The molecule has 0 atom stereocenters. The molecule has 0 bridgehead atoms. The third kappa shape index (κ3) is 7.88. The Bertz CT molecular complexity index is 480. The van der Waals surface area contributed by atoms with E-state index in [-0.39, 0.29) is 5.91 Å². The average molecular weight is 309 g/mol. The zero-order chi connectivity index (χ0) is 15.5. The summed E-state index contributed by atoms with van der Waals surface area (Å²) < 4.78 is 0. The summed E-state index contributed by atoms with van der Waals surface area (Å²) in [5, 5.41) is 16.5. The molecule has 2 amide bonds. The van der Waals surface area contributed by atoms with Crippen LogP contribution in [0, 0.1) is 0 Å². The van der Waals surface area contributed by atoms with Crippen LogP contribution in [0.1, 0.15) is 29.6 Å². The normalized spacial score (nSPS) is 9.71. The topological polar surface area (TPSA) is 90.5 Å². The Labute approximate surface area is 128 Å². The molecule has 0 spiro atoms. The molecule has 0 saturated carbocycles. The van der Waals surface area contributed by atoms with Crippen molar-refractivity contribution in [2.45, 2.75) is 19.3 Å². The number of hydrogen-bond acceptors (Lipinski definition) is 3. The highest BCUT2D eigenvalue weighted by atomic mass is 32.1. The Morgan fingerprint density at radius 2 is 1.62 bits per heavy atom. The number of carboxylic acid groups (broad SMARTS) is 1. The van der Waals surface area contributed by atoms with Crippen molar-refractivity contribution < 1.29 is 14.7 Å². The highest BCUT2D eigenvalue weighted by molar-refractivity contribution is 7.80. The lowest BCUT2D eigenvalue weighted by molar-refractivity contribution is 0.0976. The minimum absolute atomic E-state index is 0.237. The van der Waals surface area contributed by atoms with Gasteiger partial charge in [-0.1, -0.05) is 18.2 Å². The van der Waals surface area contributed by atoms with E-state index in [0.29, 0.717) is 23.8 Å². The van der Waals surface area contributed by atoms with Crippen molar-refractivity contribution in [2.24, 2.45) is 0 Å². The highest BCUT2D eigenvalue weighted by Crippen LogP contribution is 1.97. The summed E-state index contributed by atoms with van der Waals surface area (Å²) in [6.07, 6.45) is 1.50. The number of unbranched alkanes of at least 4 members (excludes halogenated alkanes) is 2. The van der Waals surface area contributed by atoms with Gasteiger partial charge in [0, 0.05) is 18.7 Å². The first kappa shape index (κ1) is 16.9. The molecule has 0 aliphatic heterocycles. The van der Waals surface area contributed by atoms with E-state index in [9.17, 15) is 9.59 Å². The van der Waals surface area contributed by atoms with Gasteiger partial charge in [-0.25, -0.2) is 4.79 Å². The lowest BCUT2D eigenvalue weighted by Gasteiger charge is -2.09. The fourth-order valence-electron chi connectivity index (χ4n) is 1.63. The molecule has 21 heavy (non-hydrogen) atoms. The van der Waals surface area contributed by atoms with Crippen molar-refractivity contribution in [1.29, 1.82) is 0 Å². The van der Waals surface area contributed by atoms with Crippen molar-refractivity contribution in [1.82, 2.24) is 16.0 Å². The van der Waals surface area contributed by atoms with Gasteiger partial charge in [-0.3, -0.25) is 10.1 Å². The van der Waals surface area contributed by atoms with Gasteiger partial charge in [-0.15, -0.1) is 0 Å². The summed E-state index contributed by atoms with van der Waals surface area (Å²) >= 11 is 5.03. The first-order valence-corrected chi connectivity index (χ1v) is 7.11. The number of hydrogen-bond donors (Lipinski definition) is 4. The monoisotopic (exact) mass is 309 g/mol. The van der Waals surface area contributed by atoms with Gasteiger partial charge in [0.05, 0.1) is 0 Å². The Hall–Kier alpha value is -2.15. The minimum atomic E-state index is -1.00. The second-order valence-corrected chi connectivity index (χ2v) is 4.78. The van der Waals surface area contributed by atoms with Crippen LogP contribution in [0.5, 0.6) is 0 Å². The first-order chi connectivity index (χ1) is 10.1. The highest BCUT2D eigenvalue weighted by Gasteiger charge is 2.06. The van der Waals surface area contributed by atoms with Crippen molar-refractivity contribution in [3.05, 3.63) is 35.9 Å². The molecular formula is C14H19N3O3S. The summed E-state index contributed by atoms with van der Waals surface area (Å²) in [7, 11) is 0. The Kier molecular flexibility index (Phi) is 7.81. The van der Waals surface area contributed by atoms with E-state index < -0.39 is 6.09 Å². The maximum atomic E-state index is 11.8. The summed E-state index contributed by atoms with van der Waals surface area (Å²) in [5.74, 6) is -0.237. The average Bonchev–Trinajstić information content (AvgIpc) is 2.46. The zero-order valence-corrected chi connectivity index (χ0v) is 12.4. The molecule has 0 radical (unpaired) electrons. The molecule has 0 fully saturated rings. The molecule has 0 heterocycles. The van der Waals surface area contributed by atoms with E-state index in [1.54, 1.807) is 24.3 Å². The number of carbonyl (C=O) groups is 2. The number of thiocarbonyl (C=S) groups is 1. The maximum absolute atomic E-state index is 11.8. The molecule has 1 rings (SSSR count). The smallest absolute Gasteiger partial charge is 0.404 e. The summed E-state index contributed by atoms with van der Waals surface area (Å²) in [6.45, 7) is 1.09. The molecule has 6 nitrogen and oxygen atoms in total. The molecule has 0 unspecified atom stereocenters. The third-order valence-electron chi connectivity index (χ3n) is 2.68. The number of carbonyl (C=O) groups excluding carboxylic acids is 1. The molecule has 7 heteroatoms. The summed E-state index contributed by atoms with van der Waals surface area (Å²) in [4.78, 5) is 22.0. The Balaban J connectivity index is 2.09. The van der Waals surface area contributed by atoms with Crippen molar-refractivity contribution in [2.75, 3.05) is 13.1 Å². The predicted octanol–water partition coefficient (Wildman–Crippen LogP) is 1.73. The number of rotatable bonds is 7. The zero-order valence-electron chi connectivity index (χ0n) is 11.6. The molecule has 1 aromatic rings. The van der Waals surface area contributed by atoms with Gasteiger partial charge in [0.25, 0.3) is 5.91 Å². The molecule has 0 aromatic heterocycles. The molecule has 114 valence electrons. The van der Waals surface area contributed by atoms with Gasteiger partial charge in [-0.2, -0.15) is 0 Å². The van der Waals surface area contributed by atoms with Gasteiger partial charge in [0.15, 0.2) is 5.11 Å². The van der Waals surface area contributed by atoms with Gasteiger partial charge >= 0.3 is 6.09 Å². The molecule has 1 aromatic carbocycles. The van der Waals surface area contributed by atoms with E-state index in [0.717, 1.165) is 19.3 Å². The molecular weight excluding hydrogens is 290 g/mol. The van der Waals surface area contributed by atoms with Crippen LogP contribution in [-0.4, -0.2) is 35.3 Å². The third-order valence-corrected chi connectivity index (χ3v) is 2.92. The second kappa shape index (κ2) is 9.71. The largest absolute Gasteiger partial charge is 0.465 e. The fourth-order valence-corrected chi connectivity index (χ4v) is 1.83.